The minimum Gasteiger partial charge on any atom is -0.478 e. The molecule has 0 unspecified atom stereocenters. The van der Waals surface area contributed by atoms with Gasteiger partial charge in [0.1, 0.15) is 5.82 Å². The number of H-pyrrole nitrogens is 1. The average Bonchev–Trinajstić information content (AvgIpc) is 2.96. The van der Waals surface area contributed by atoms with Crippen molar-refractivity contribution in [3.05, 3.63) is 47.0 Å². The Labute approximate surface area is 117 Å². The molecule has 2 aromatic rings. The SMILES string of the molecule is O=C(O)C=Cc1ccc(C(=O)NCc2nn[nH]n2)c(F)c1. The van der Waals surface area contributed by atoms with E-state index in [1.807, 2.05) is 0 Å². The van der Waals surface area contributed by atoms with Crippen LogP contribution in [0.15, 0.2) is 24.3 Å². The number of carboxylic acids is 1. The Morgan fingerprint density at radius 1 is 1.43 bits per heavy atom. The smallest absolute Gasteiger partial charge is 0.328 e. The summed E-state index contributed by atoms with van der Waals surface area (Å²) in [5.74, 6) is -2.26. The largest absolute Gasteiger partial charge is 0.478 e. The number of hydrogen-bond acceptors (Lipinski definition) is 5. The second-order valence-electron chi connectivity index (χ2n) is 3.92. The molecule has 0 aliphatic heterocycles. The Morgan fingerprint density at radius 2 is 2.24 bits per heavy atom. The van der Waals surface area contributed by atoms with Gasteiger partial charge in [0.05, 0.1) is 12.1 Å². The van der Waals surface area contributed by atoms with E-state index in [1.165, 1.54) is 18.2 Å². The van der Waals surface area contributed by atoms with Crippen LogP contribution in [0.2, 0.25) is 0 Å². The van der Waals surface area contributed by atoms with E-state index in [0.717, 1.165) is 12.1 Å². The number of nitrogens with one attached hydrogen (secondary N) is 2. The quantitative estimate of drug-likeness (QED) is 0.684. The first-order valence-corrected chi connectivity index (χ1v) is 5.77. The number of aromatic nitrogens is 4. The molecule has 0 spiro atoms. The number of amides is 1. The number of carbonyl (C=O) groups is 2. The van der Waals surface area contributed by atoms with Crippen LogP contribution in [0.5, 0.6) is 0 Å². The van der Waals surface area contributed by atoms with Crippen molar-refractivity contribution in [2.24, 2.45) is 0 Å². The molecule has 1 heterocycles. The first kappa shape index (κ1) is 14.3. The summed E-state index contributed by atoms with van der Waals surface area (Å²) in [7, 11) is 0. The van der Waals surface area contributed by atoms with Crippen LogP contribution in [0.25, 0.3) is 6.08 Å². The molecule has 0 saturated heterocycles. The van der Waals surface area contributed by atoms with Gasteiger partial charge in [0.25, 0.3) is 5.91 Å². The highest BCUT2D eigenvalue weighted by molar-refractivity contribution is 5.94. The third-order valence-electron chi connectivity index (χ3n) is 2.45. The first-order chi connectivity index (χ1) is 10.1. The second-order valence-corrected chi connectivity index (χ2v) is 3.92. The van der Waals surface area contributed by atoms with Crippen LogP contribution in [-0.2, 0) is 11.3 Å². The molecule has 0 fully saturated rings. The van der Waals surface area contributed by atoms with Crippen molar-refractivity contribution in [2.45, 2.75) is 6.54 Å². The predicted molar refractivity (Wildman–Crippen MR) is 68.4 cm³/mol. The number of nitrogens with zero attached hydrogens (tertiary/aromatic N) is 3. The molecule has 21 heavy (non-hydrogen) atoms. The van der Waals surface area contributed by atoms with E-state index in [-0.39, 0.29) is 17.9 Å². The van der Waals surface area contributed by atoms with Crippen LogP contribution in [0.4, 0.5) is 4.39 Å². The molecule has 1 amide bonds. The molecule has 2 rings (SSSR count). The Morgan fingerprint density at radius 3 is 2.86 bits per heavy atom. The third kappa shape index (κ3) is 3.93. The summed E-state index contributed by atoms with van der Waals surface area (Å²) >= 11 is 0. The molecule has 0 bridgehead atoms. The average molecular weight is 291 g/mol. The number of halogens is 1. The van der Waals surface area contributed by atoms with Crippen molar-refractivity contribution in [1.82, 2.24) is 25.9 Å². The van der Waals surface area contributed by atoms with Gasteiger partial charge in [0.2, 0.25) is 0 Å². The van der Waals surface area contributed by atoms with Crippen molar-refractivity contribution in [1.29, 1.82) is 0 Å². The molecule has 1 aromatic carbocycles. The minimum absolute atomic E-state index is 0.00937. The summed E-state index contributed by atoms with van der Waals surface area (Å²) < 4.78 is 13.8. The maximum Gasteiger partial charge on any atom is 0.328 e. The van der Waals surface area contributed by atoms with Crippen LogP contribution < -0.4 is 5.32 Å². The standard InChI is InChI=1S/C12H10FN5O3/c13-9-5-7(2-4-11(19)20)1-3-8(9)12(21)14-6-10-15-17-18-16-10/h1-5H,6H2,(H,14,21)(H,19,20)(H,15,16,17,18). The fraction of sp³-hybridized carbons (Fsp3) is 0.0833. The van der Waals surface area contributed by atoms with Gasteiger partial charge < -0.3 is 10.4 Å². The molecule has 108 valence electrons. The van der Waals surface area contributed by atoms with Gasteiger partial charge in [-0.3, -0.25) is 4.79 Å². The molecule has 0 aliphatic carbocycles. The van der Waals surface area contributed by atoms with E-state index in [0.29, 0.717) is 5.56 Å². The number of aromatic amines is 1. The Balaban J connectivity index is 2.05. The Bertz CT molecular complexity index is 684. The van der Waals surface area contributed by atoms with Gasteiger partial charge in [-0.1, -0.05) is 11.3 Å². The monoisotopic (exact) mass is 291 g/mol. The molecule has 3 N–H and O–H groups in total. The number of rotatable bonds is 5. The van der Waals surface area contributed by atoms with E-state index in [1.54, 1.807) is 0 Å². The molecule has 1 aromatic heterocycles. The highest BCUT2D eigenvalue weighted by Gasteiger charge is 2.12. The summed E-state index contributed by atoms with van der Waals surface area (Å²) in [4.78, 5) is 22.2. The zero-order chi connectivity index (χ0) is 15.2. The molecule has 8 nitrogen and oxygen atoms in total. The van der Waals surface area contributed by atoms with Crippen molar-refractivity contribution < 1.29 is 19.1 Å². The van der Waals surface area contributed by atoms with E-state index in [9.17, 15) is 14.0 Å². The van der Waals surface area contributed by atoms with Crippen LogP contribution >= 0.6 is 0 Å². The molecule has 0 aliphatic rings. The fourth-order valence-electron chi connectivity index (χ4n) is 1.50. The van der Waals surface area contributed by atoms with Gasteiger partial charge in [-0.25, -0.2) is 9.18 Å². The molecular formula is C12H10FN5O3. The number of tetrazole rings is 1. The van der Waals surface area contributed by atoms with E-state index in [2.05, 4.69) is 25.9 Å². The lowest BCUT2D eigenvalue weighted by Gasteiger charge is -2.04. The van der Waals surface area contributed by atoms with Gasteiger partial charge in [-0.05, 0) is 23.8 Å². The van der Waals surface area contributed by atoms with Gasteiger partial charge in [-0.15, -0.1) is 10.2 Å². The number of hydrogen-bond donors (Lipinski definition) is 3. The topological polar surface area (TPSA) is 121 Å². The van der Waals surface area contributed by atoms with Gasteiger partial charge >= 0.3 is 5.97 Å². The highest BCUT2D eigenvalue weighted by atomic mass is 19.1. The fourth-order valence-corrected chi connectivity index (χ4v) is 1.50. The Hall–Kier alpha value is -3.10. The number of aliphatic carboxylic acids is 1. The van der Waals surface area contributed by atoms with E-state index < -0.39 is 17.7 Å². The van der Waals surface area contributed by atoms with Crippen molar-refractivity contribution in [3.8, 4) is 0 Å². The van der Waals surface area contributed by atoms with Crippen LogP contribution in [0.1, 0.15) is 21.7 Å². The highest BCUT2D eigenvalue weighted by Crippen LogP contribution is 2.12. The number of carboxylic acid groups (broad SMARTS) is 1. The minimum atomic E-state index is -1.14. The third-order valence-corrected chi connectivity index (χ3v) is 2.45. The van der Waals surface area contributed by atoms with Crippen molar-refractivity contribution >= 4 is 18.0 Å². The molecule has 0 radical (unpaired) electrons. The number of benzene rings is 1. The van der Waals surface area contributed by atoms with Crippen LogP contribution in [0, 0.1) is 5.82 Å². The van der Waals surface area contributed by atoms with Gasteiger partial charge in [0, 0.05) is 6.08 Å². The second kappa shape index (κ2) is 6.37. The normalized spacial score (nSPS) is 10.7. The van der Waals surface area contributed by atoms with Gasteiger partial charge in [-0.2, -0.15) is 5.21 Å². The van der Waals surface area contributed by atoms with E-state index >= 15 is 0 Å². The van der Waals surface area contributed by atoms with Crippen LogP contribution in [-0.4, -0.2) is 37.6 Å². The lowest BCUT2D eigenvalue weighted by molar-refractivity contribution is -0.131. The van der Waals surface area contributed by atoms with Crippen molar-refractivity contribution in [2.75, 3.05) is 0 Å². The summed E-state index contributed by atoms with van der Waals surface area (Å²) in [5.41, 5.74) is 0.176. The zero-order valence-corrected chi connectivity index (χ0v) is 10.6. The van der Waals surface area contributed by atoms with Gasteiger partial charge in [0.15, 0.2) is 5.82 Å². The summed E-state index contributed by atoms with van der Waals surface area (Å²) in [6.07, 6.45) is 2.11. The maximum atomic E-state index is 13.8. The molecule has 9 heteroatoms. The maximum absolute atomic E-state index is 13.8. The lowest BCUT2D eigenvalue weighted by Crippen LogP contribution is -2.24. The molecule has 0 atom stereocenters. The van der Waals surface area contributed by atoms with Crippen LogP contribution in [0.3, 0.4) is 0 Å². The summed E-state index contributed by atoms with van der Waals surface area (Å²) in [6, 6.07) is 3.77. The number of carbonyl (C=O) groups excluding carboxylic acids is 1. The zero-order valence-electron chi connectivity index (χ0n) is 10.6. The summed E-state index contributed by atoms with van der Waals surface area (Å²) in [6.45, 7) is 0.00937. The predicted octanol–water partition coefficient (Wildman–Crippen LogP) is 0.367. The van der Waals surface area contributed by atoms with E-state index in [4.69, 9.17) is 5.11 Å². The lowest BCUT2D eigenvalue weighted by atomic mass is 10.1. The molecular weight excluding hydrogens is 281 g/mol. The summed E-state index contributed by atoms with van der Waals surface area (Å²) in [5, 5.41) is 23.7. The Kier molecular flexibility index (Phi) is 4.34. The first-order valence-electron chi connectivity index (χ1n) is 5.77. The molecule has 0 saturated carbocycles. The van der Waals surface area contributed by atoms with Crippen molar-refractivity contribution in [3.63, 3.8) is 0 Å².